The molecule has 1 aliphatic carbocycles. The van der Waals surface area contributed by atoms with Crippen LogP contribution in [0.5, 0.6) is 5.75 Å². The molecule has 0 spiro atoms. The van der Waals surface area contributed by atoms with Crippen molar-refractivity contribution < 1.29 is 14.3 Å². The second-order valence-electron chi connectivity index (χ2n) is 10.7. The van der Waals surface area contributed by atoms with Gasteiger partial charge >= 0.3 is 0 Å². The van der Waals surface area contributed by atoms with Gasteiger partial charge in [-0.1, -0.05) is 19.1 Å². The van der Waals surface area contributed by atoms with Gasteiger partial charge in [0.15, 0.2) is 0 Å². The molecule has 1 amide bonds. The molecule has 1 aromatic heterocycles. The number of hydrogen-bond donors (Lipinski definition) is 0. The summed E-state index contributed by atoms with van der Waals surface area (Å²) in [5.41, 5.74) is 2.07. The highest BCUT2D eigenvalue weighted by molar-refractivity contribution is 5.79. The molecule has 35 heavy (non-hydrogen) atoms. The number of rotatable bonds is 10. The molecule has 0 radical (unpaired) electrons. The Kier molecular flexibility index (Phi) is 7.51. The molecule has 7 heteroatoms. The van der Waals surface area contributed by atoms with Gasteiger partial charge < -0.3 is 19.3 Å². The third-order valence-corrected chi connectivity index (χ3v) is 7.86. The molecule has 0 unspecified atom stereocenters. The van der Waals surface area contributed by atoms with Crippen molar-refractivity contribution >= 4 is 11.9 Å². The monoisotopic (exact) mass is 478 g/mol. The lowest BCUT2D eigenvalue weighted by atomic mass is 9.90. The van der Waals surface area contributed by atoms with Crippen LogP contribution in [0.2, 0.25) is 0 Å². The van der Waals surface area contributed by atoms with Crippen molar-refractivity contribution in [1.82, 2.24) is 14.9 Å². The third kappa shape index (κ3) is 6.13. The highest BCUT2D eigenvalue weighted by Crippen LogP contribution is 2.49. The van der Waals surface area contributed by atoms with Crippen LogP contribution in [0.4, 0.5) is 5.95 Å². The number of nitrogens with zero attached hydrogens (tertiary/aromatic N) is 4. The first-order valence-corrected chi connectivity index (χ1v) is 13.1. The molecular formula is C28H38N4O3. The number of hydrogen-bond acceptors (Lipinski definition) is 6. The molecule has 5 rings (SSSR count). The van der Waals surface area contributed by atoms with Gasteiger partial charge in [-0.05, 0) is 67.1 Å². The van der Waals surface area contributed by atoms with Gasteiger partial charge in [-0.15, -0.1) is 0 Å². The Balaban J connectivity index is 0.983. The zero-order valence-corrected chi connectivity index (χ0v) is 21.1. The fourth-order valence-corrected chi connectivity index (χ4v) is 5.68. The topological polar surface area (TPSA) is 67.8 Å². The highest BCUT2D eigenvalue weighted by atomic mass is 16.5. The van der Waals surface area contributed by atoms with E-state index < -0.39 is 0 Å². The normalized spacial score (nSPS) is 22.7. The van der Waals surface area contributed by atoms with Crippen molar-refractivity contribution in [1.29, 1.82) is 0 Å². The van der Waals surface area contributed by atoms with Crippen molar-refractivity contribution in [3.8, 4) is 5.75 Å². The van der Waals surface area contributed by atoms with E-state index in [0.717, 1.165) is 79.8 Å². The number of ether oxygens (including phenoxy) is 2. The Bertz CT molecular complexity index is 967. The molecule has 1 aromatic carbocycles. The number of aromatic nitrogens is 2. The first-order valence-electron chi connectivity index (χ1n) is 13.1. The van der Waals surface area contributed by atoms with Crippen LogP contribution in [0.3, 0.4) is 0 Å². The fraction of sp³-hybridized carbons (Fsp3) is 0.607. The van der Waals surface area contributed by atoms with Crippen molar-refractivity contribution in [2.45, 2.75) is 45.6 Å². The molecule has 3 fully saturated rings. The molecule has 2 aliphatic heterocycles. The molecule has 7 nitrogen and oxygen atoms in total. The van der Waals surface area contributed by atoms with E-state index >= 15 is 0 Å². The maximum absolute atomic E-state index is 12.2. The van der Waals surface area contributed by atoms with Gasteiger partial charge in [-0.3, -0.25) is 4.79 Å². The van der Waals surface area contributed by atoms with Gasteiger partial charge in [0.1, 0.15) is 5.75 Å². The maximum atomic E-state index is 12.2. The Morgan fingerprint density at radius 3 is 2.43 bits per heavy atom. The average Bonchev–Trinajstić information content (AvgIpc) is 3.63. The molecule has 0 bridgehead atoms. The molecule has 0 N–H and O–H groups in total. The molecule has 1 saturated carbocycles. The van der Waals surface area contributed by atoms with E-state index in [0.29, 0.717) is 18.9 Å². The number of piperidine rings is 1. The summed E-state index contributed by atoms with van der Waals surface area (Å²) >= 11 is 0. The predicted molar refractivity (Wildman–Crippen MR) is 135 cm³/mol. The van der Waals surface area contributed by atoms with Crippen molar-refractivity contribution in [2.24, 2.45) is 23.7 Å². The van der Waals surface area contributed by atoms with Crippen LogP contribution >= 0.6 is 0 Å². The third-order valence-electron chi connectivity index (χ3n) is 7.86. The largest absolute Gasteiger partial charge is 0.494 e. The summed E-state index contributed by atoms with van der Waals surface area (Å²) in [6, 6.07) is 8.06. The number of benzene rings is 1. The zero-order chi connectivity index (χ0) is 24.2. The van der Waals surface area contributed by atoms with Crippen molar-refractivity contribution in [2.75, 3.05) is 44.8 Å². The van der Waals surface area contributed by atoms with Crippen LogP contribution < -0.4 is 9.64 Å². The lowest BCUT2D eigenvalue weighted by Gasteiger charge is -2.37. The molecule has 188 valence electrons. The Labute approximate surface area is 208 Å². The van der Waals surface area contributed by atoms with Crippen LogP contribution in [-0.2, 0) is 22.6 Å². The summed E-state index contributed by atoms with van der Waals surface area (Å²) in [6.07, 6.45) is 9.14. The summed E-state index contributed by atoms with van der Waals surface area (Å²) < 4.78 is 11.2. The van der Waals surface area contributed by atoms with Crippen LogP contribution in [0.1, 0.15) is 43.7 Å². The number of carbonyl (C=O) groups is 1. The Hall–Kier alpha value is -2.67. The Morgan fingerprint density at radius 2 is 1.77 bits per heavy atom. The lowest BCUT2D eigenvalue weighted by Crippen LogP contribution is -2.49. The minimum Gasteiger partial charge on any atom is -0.494 e. The molecular weight excluding hydrogens is 440 g/mol. The summed E-state index contributed by atoms with van der Waals surface area (Å²) in [4.78, 5) is 25.6. The van der Waals surface area contributed by atoms with Gasteiger partial charge in [-0.25, -0.2) is 9.97 Å². The van der Waals surface area contributed by atoms with Crippen molar-refractivity contribution in [3.05, 3.63) is 47.8 Å². The molecule has 2 aromatic rings. The minimum atomic E-state index is 0.231. The SMILES string of the molecule is COCc1cnc(N2CCC([C@@H]3C[C@@H]3CCOc3ccc(CC(=O)N4CC(C)C4)cc3)CC2)nc1. The predicted octanol–water partition coefficient (Wildman–Crippen LogP) is 3.97. The number of likely N-dealkylation sites (tertiary alicyclic amines) is 1. The van der Waals surface area contributed by atoms with Gasteiger partial charge in [0.25, 0.3) is 0 Å². The lowest BCUT2D eigenvalue weighted by molar-refractivity contribution is -0.136. The minimum absolute atomic E-state index is 0.231. The van der Waals surface area contributed by atoms with E-state index in [1.54, 1.807) is 7.11 Å². The number of methoxy groups -OCH3 is 1. The van der Waals surface area contributed by atoms with E-state index in [2.05, 4.69) is 21.8 Å². The first-order chi connectivity index (χ1) is 17.1. The molecule has 3 aliphatic rings. The highest BCUT2D eigenvalue weighted by Gasteiger charge is 2.43. The van der Waals surface area contributed by atoms with Crippen LogP contribution in [0, 0.1) is 23.7 Å². The van der Waals surface area contributed by atoms with E-state index in [-0.39, 0.29) is 5.91 Å². The Morgan fingerprint density at radius 1 is 1.06 bits per heavy atom. The van der Waals surface area contributed by atoms with Gasteiger partial charge in [0, 0.05) is 51.2 Å². The van der Waals surface area contributed by atoms with E-state index in [9.17, 15) is 4.79 Å². The molecule has 2 saturated heterocycles. The summed E-state index contributed by atoms with van der Waals surface area (Å²) in [7, 11) is 1.69. The van der Waals surface area contributed by atoms with E-state index in [4.69, 9.17) is 9.47 Å². The van der Waals surface area contributed by atoms with Crippen molar-refractivity contribution in [3.63, 3.8) is 0 Å². The van der Waals surface area contributed by atoms with Crippen LogP contribution in [0.25, 0.3) is 0 Å². The zero-order valence-electron chi connectivity index (χ0n) is 21.1. The van der Waals surface area contributed by atoms with Crippen LogP contribution in [0.15, 0.2) is 36.7 Å². The van der Waals surface area contributed by atoms with Gasteiger partial charge in [0.05, 0.1) is 19.6 Å². The second kappa shape index (κ2) is 10.9. The average molecular weight is 479 g/mol. The molecule has 2 atom stereocenters. The fourth-order valence-electron chi connectivity index (χ4n) is 5.68. The smallest absolute Gasteiger partial charge is 0.227 e. The number of anilines is 1. The molecule has 3 heterocycles. The van der Waals surface area contributed by atoms with Gasteiger partial charge in [-0.2, -0.15) is 0 Å². The number of carbonyl (C=O) groups excluding carboxylic acids is 1. The maximum Gasteiger partial charge on any atom is 0.227 e. The van der Waals surface area contributed by atoms with E-state index in [1.165, 1.54) is 19.3 Å². The standard InChI is InChI=1S/C28H38N4O3/c1-20-17-32(18-20)27(33)13-21-3-5-25(6-4-21)35-12-9-24-14-26(24)23-7-10-31(11-8-23)28-29-15-22(16-30-28)19-34-2/h3-6,15-16,20,23-24,26H,7-14,17-19H2,1-2H3/t24-,26-/m0/s1. The van der Waals surface area contributed by atoms with Crippen LogP contribution in [-0.4, -0.2) is 60.7 Å². The summed E-state index contributed by atoms with van der Waals surface area (Å²) in [5.74, 6) is 5.09. The second-order valence-corrected chi connectivity index (χ2v) is 10.7. The van der Waals surface area contributed by atoms with E-state index in [1.807, 2.05) is 41.6 Å². The summed E-state index contributed by atoms with van der Waals surface area (Å²) in [5, 5.41) is 0. The quantitative estimate of drug-likeness (QED) is 0.515. The first kappa shape index (κ1) is 24.0. The summed E-state index contributed by atoms with van der Waals surface area (Å²) in [6.45, 7) is 7.39. The number of amides is 1. The van der Waals surface area contributed by atoms with Gasteiger partial charge in [0.2, 0.25) is 11.9 Å².